The molecule has 0 bridgehead atoms. The number of hydrogen-bond donors (Lipinski definition) is 1. The molecule has 3 atom stereocenters. The molecule has 2 aromatic rings. The van der Waals surface area contributed by atoms with Gasteiger partial charge in [0.25, 0.3) is 0 Å². The first kappa shape index (κ1) is 33.6. The van der Waals surface area contributed by atoms with Crippen molar-refractivity contribution in [3.8, 4) is 0 Å². The van der Waals surface area contributed by atoms with E-state index in [1.54, 1.807) is 31.3 Å². The van der Waals surface area contributed by atoms with E-state index in [4.69, 9.17) is 11.6 Å². The number of amides is 3. The SMILES string of the molecule is CN(C(=O)CS(C)(=O)=O)C1CCN(CC2CCCN2C(=O)CN2CCCC(NS(=O)(=O)c3ccc4ccc(Cl)cc4c3)C2=O)C1. The Bertz CT molecular complexity index is 1690. The summed E-state index contributed by atoms with van der Waals surface area (Å²) >= 11 is 6.08. The second-order valence-corrected chi connectivity index (χ2v) is 16.7. The van der Waals surface area contributed by atoms with Crippen LogP contribution in [0.4, 0.5) is 0 Å². The number of carbonyl (C=O) groups is 3. The van der Waals surface area contributed by atoms with Gasteiger partial charge in [0.2, 0.25) is 27.7 Å². The van der Waals surface area contributed by atoms with Gasteiger partial charge in [0.15, 0.2) is 9.84 Å². The minimum atomic E-state index is -4.01. The molecule has 3 aliphatic heterocycles. The molecule has 0 aromatic heterocycles. The third kappa shape index (κ3) is 8.15. The van der Waals surface area contributed by atoms with Crippen LogP contribution in [0.2, 0.25) is 5.02 Å². The van der Waals surface area contributed by atoms with Crippen LogP contribution in [0.25, 0.3) is 10.8 Å². The predicted molar refractivity (Wildman–Crippen MR) is 171 cm³/mol. The first-order valence-corrected chi connectivity index (χ1v) is 19.1. The number of piperidine rings is 1. The van der Waals surface area contributed by atoms with E-state index < -0.39 is 43.5 Å². The third-order valence-electron chi connectivity index (χ3n) is 8.98. The molecular weight excluding hydrogens is 642 g/mol. The van der Waals surface area contributed by atoms with Crippen molar-refractivity contribution in [2.24, 2.45) is 0 Å². The van der Waals surface area contributed by atoms with Gasteiger partial charge in [-0.2, -0.15) is 4.72 Å². The zero-order valence-electron chi connectivity index (χ0n) is 25.5. The Hall–Kier alpha value is -2.78. The second-order valence-electron chi connectivity index (χ2n) is 12.4. The molecule has 1 N–H and O–H groups in total. The number of hydrogen-bond acceptors (Lipinski definition) is 8. The lowest BCUT2D eigenvalue weighted by Crippen LogP contribution is -2.55. The maximum Gasteiger partial charge on any atom is 0.242 e. The average molecular weight is 682 g/mol. The van der Waals surface area contributed by atoms with E-state index in [-0.39, 0.29) is 29.4 Å². The lowest BCUT2D eigenvalue weighted by molar-refractivity contribution is -0.143. The van der Waals surface area contributed by atoms with Crippen LogP contribution in [0.5, 0.6) is 0 Å². The number of sulfonamides is 1. The van der Waals surface area contributed by atoms with Crippen LogP contribution in [0.1, 0.15) is 32.1 Å². The fourth-order valence-corrected chi connectivity index (χ4v) is 8.65. The molecule has 3 heterocycles. The van der Waals surface area contributed by atoms with Gasteiger partial charge in [0.05, 0.1) is 11.4 Å². The number of nitrogens with zero attached hydrogens (tertiary/aromatic N) is 4. The largest absolute Gasteiger partial charge is 0.341 e. The topological polar surface area (TPSA) is 144 Å². The summed E-state index contributed by atoms with van der Waals surface area (Å²) in [5, 5.41) is 2.00. The van der Waals surface area contributed by atoms with Crippen molar-refractivity contribution in [2.45, 2.75) is 55.1 Å². The zero-order chi connectivity index (χ0) is 32.5. The third-order valence-corrected chi connectivity index (χ3v) is 11.5. The molecule has 2 aromatic carbocycles. The molecule has 3 fully saturated rings. The van der Waals surface area contributed by atoms with Crippen LogP contribution in [-0.4, -0.2) is 131 Å². The van der Waals surface area contributed by atoms with Crippen LogP contribution < -0.4 is 4.72 Å². The number of nitrogens with one attached hydrogen (secondary N) is 1. The van der Waals surface area contributed by atoms with E-state index in [1.807, 2.05) is 4.90 Å². The summed E-state index contributed by atoms with van der Waals surface area (Å²) in [6.07, 6.45) is 4.33. The van der Waals surface area contributed by atoms with Gasteiger partial charge in [0, 0.05) is 63.1 Å². The number of halogens is 1. The summed E-state index contributed by atoms with van der Waals surface area (Å²) in [6.45, 7) is 2.80. The van der Waals surface area contributed by atoms with Crippen LogP contribution in [-0.2, 0) is 34.2 Å². The molecule has 3 unspecified atom stereocenters. The minimum Gasteiger partial charge on any atom is -0.341 e. The van der Waals surface area contributed by atoms with E-state index in [9.17, 15) is 31.2 Å². The molecule has 12 nitrogen and oxygen atoms in total. The van der Waals surface area contributed by atoms with E-state index >= 15 is 0 Å². The van der Waals surface area contributed by atoms with Gasteiger partial charge in [-0.15, -0.1) is 0 Å². The highest BCUT2D eigenvalue weighted by Gasteiger charge is 2.38. The summed E-state index contributed by atoms with van der Waals surface area (Å²) in [6, 6.07) is 8.84. The molecule has 0 aliphatic carbocycles. The number of fused-ring (bicyclic) bond motifs is 1. The molecule has 5 rings (SSSR count). The Kier molecular flexibility index (Phi) is 10.1. The lowest BCUT2D eigenvalue weighted by atomic mass is 10.1. The Morgan fingerprint density at radius 2 is 1.71 bits per heavy atom. The Morgan fingerprint density at radius 1 is 0.978 bits per heavy atom. The van der Waals surface area contributed by atoms with Crippen LogP contribution in [0.3, 0.4) is 0 Å². The summed E-state index contributed by atoms with van der Waals surface area (Å²) in [5.41, 5.74) is 0. The number of benzene rings is 2. The molecule has 0 saturated carbocycles. The van der Waals surface area contributed by atoms with Crippen molar-refractivity contribution < 1.29 is 31.2 Å². The lowest BCUT2D eigenvalue weighted by Gasteiger charge is -2.35. The smallest absolute Gasteiger partial charge is 0.242 e. The van der Waals surface area contributed by atoms with Gasteiger partial charge in [-0.1, -0.05) is 23.7 Å². The van der Waals surface area contributed by atoms with E-state index in [0.717, 1.165) is 37.4 Å². The Balaban J connectivity index is 1.16. The van der Waals surface area contributed by atoms with Gasteiger partial charge in [-0.25, -0.2) is 16.8 Å². The molecule has 15 heteroatoms. The first-order valence-electron chi connectivity index (χ1n) is 15.2. The Morgan fingerprint density at radius 3 is 2.47 bits per heavy atom. The maximum atomic E-state index is 13.5. The van der Waals surface area contributed by atoms with E-state index in [2.05, 4.69) is 9.62 Å². The molecule has 246 valence electrons. The summed E-state index contributed by atoms with van der Waals surface area (Å²) in [4.78, 5) is 46.2. The monoisotopic (exact) mass is 681 g/mol. The highest BCUT2D eigenvalue weighted by atomic mass is 35.5. The van der Waals surface area contributed by atoms with Crippen molar-refractivity contribution in [2.75, 3.05) is 58.3 Å². The van der Waals surface area contributed by atoms with Crippen molar-refractivity contribution >= 4 is 60.0 Å². The van der Waals surface area contributed by atoms with E-state index in [0.29, 0.717) is 49.4 Å². The normalized spacial score (nSPS) is 23.2. The molecule has 0 radical (unpaired) electrons. The quantitative estimate of drug-likeness (QED) is 0.396. The average Bonchev–Trinajstić information content (AvgIpc) is 3.63. The number of rotatable bonds is 10. The van der Waals surface area contributed by atoms with Gasteiger partial charge in [0.1, 0.15) is 11.8 Å². The fraction of sp³-hybridized carbons (Fsp3) is 0.567. The van der Waals surface area contributed by atoms with Crippen LogP contribution >= 0.6 is 11.6 Å². The highest BCUT2D eigenvalue weighted by Crippen LogP contribution is 2.25. The molecule has 0 spiro atoms. The maximum absolute atomic E-state index is 13.5. The number of likely N-dealkylation sites (N-methyl/N-ethyl adjacent to an activating group) is 1. The van der Waals surface area contributed by atoms with Gasteiger partial charge >= 0.3 is 0 Å². The first-order chi connectivity index (χ1) is 21.2. The van der Waals surface area contributed by atoms with Crippen LogP contribution in [0, 0.1) is 0 Å². The van der Waals surface area contributed by atoms with Crippen molar-refractivity contribution in [3.05, 3.63) is 41.4 Å². The molecular formula is C30H40ClN5O7S2. The zero-order valence-corrected chi connectivity index (χ0v) is 27.9. The fourth-order valence-electron chi connectivity index (χ4n) is 6.55. The summed E-state index contributed by atoms with van der Waals surface area (Å²) in [7, 11) is -5.79. The summed E-state index contributed by atoms with van der Waals surface area (Å²) in [5.74, 6) is -1.52. The number of sulfone groups is 1. The van der Waals surface area contributed by atoms with Crippen LogP contribution in [0.15, 0.2) is 41.3 Å². The van der Waals surface area contributed by atoms with Gasteiger partial charge in [-0.3, -0.25) is 19.3 Å². The van der Waals surface area contributed by atoms with Crippen molar-refractivity contribution in [1.82, 2.24) is 24.3 Å². The standard InChI is InChI=1S/C30H40ClN5O7S2/c1-33(29(38)20-44(2,40)41)24-11-14-34(17-24)18-25-5-3-13-36(25)28(37)19-35-12-4-6-27(30(35)39)32-45(42,43)26-10-8-21-7-9-23(31)15-22(21)16-26/h7-10,15-16,24-25,27,32H,3-6,11-14,17-20H2,1-2H3. The molecule has 3 aliphatic rings. The van der Waals surface area contributed by atoms with Crippen molar-refractivity contribution in [3.63, 3.8) is 0 Å². The highest BCUT2D eigenvalue weighted by molar-refractivity contribution is 7.91. The molecule has 3 amide bonds. The number of likely N-dealkylation sites (tertiary alicyclic amines) is 3. The van der Waals surface area contributed by atoms with Gasteiger partial charge < -0.3 is 14.7 Å². The summed E-state index contributed by atoms with van der Waals surface area (Å²) < 4.78 is 52.1. The minimum absolute atomic E-state index is 0.0354. The Labute approximate surface area is 269 Å². The predicted octanol–water partition coefficient (Wildman–Crippen LogP) is 1.33. The van der Waals surface area contributed by atoms with Crippen molar-refractivity contribution in [1.29, 1.82) is 0 Å². The second kappa shape index (κ2) is 13.5. The van der Waals surface area contributed by atoms with E-state index in [1.165, 1.54) is 21.9 Å². The molecule has 45 heavy (non-hydrogen) atoms. The molecule has 3 saturated heterocycles. The van der Waals surface area contributed by atoms with Gasteiger partial charge in [-0.05, 0) is 67.1 Å². The number of carbonyl (C=O) groups excluding carboxylic acids is 3.